The first kappa shape index (κ1) is 12.7. The molecule has 0 radical (unpaired) electrons. The number of hydrogen-bond acceptors (Lipinski definition) is 1. The van der Waals surface area contributed by atoms with Crippen LogP contribution in [0.1, 0.15) is 12.0 Å². The summed E-state index contributed by atoms with van der Waals surface area (Å²) >= 11 is 0. The van der Waals surface area contributed by atoms with Crippen molar-refractivity contribution in [1.29, 1.82) is 0 Å². The molecule has 3 rings (SSSR count). The van der Waals surface area contributed by atoms with Gasteiger partial charge in [-0.25, -0.2) is 0 Å². The predicted octanol–water partition coefficient (Wildman–Crippen LogP) is 4.81. The predicted molar refractivity (Wildman–Crippen MR) is 89.1 cm³/mol. The van der Waals surface area contributed by atoms with Gasteiger partial charge in [0.05, 0.1) is 0 Å². The molecular formula is C19H19N. The number of benzene rings is 2. The zero-order chi connectivity index (χ0) is 13.9. The lowest BCUT2D eigenvalue weighted by Crippen LogP contribution is -2.09. The molecule has 20 heavy (non-hydrogen) atoms. The van der Waals surface area contributed by atoms with Crippen LogP contribution < -0.4 is 4.90 Å². The van der Waals surface area contributed by atoms with Crippen LogP contribution in [0.25, 0.3) is 16.3 Å². The monoisotopic (exact) mass is 261 g/mol. The highest BCUT2D eigenvalue weighted by Gasteiger charge is 2.09. The summed E-state index contributed by atoms with van der Waals surface area (Å²) in [6.07, 6.45) is 12.0. The van der Waals surface area contributed by atoms with E-state index in [-0.39, 0.29) is 0 Å². The summed E-state index contributed by atoms with van der Waals surface area (Å²) in [6.45, 7) is 0. The fraction of sp³-hybridized carbons (Fsp3) is 0.158. The van der Waals surface area contributed by atoms with Gasteiger partial charge in [0.2, 0.25) is 0 Å². The van der Waals surface area contributed by atoms with E-state index < -0.39 is 0 Å². The van der Waals surface area contributed by atoms with Crippen LogP contribution in [0.15, 0.2) is 66.8 Å². The Bertz CT molecular complexity index is 718. The highest BCUT2D eigenvalue weighted by molar-refractivity contribution is 6.02. The minimum Gasteiger partial charge on any atom is -0.377 e. The quantitative estimate of drug-likeness (QED) is 0.750. The molecule has 2 aromatic rings. The van der Waals surface area contributed by atoms with Gasteiger partial charge >= 0.3 is 0 Å². The summed E-state index contributed by atoms with van der Waals surface area (Å²) in [7, 11) is 4.18. The van der Waals surface area contributed by atoms with Gasteiger partial charge in [-0.05, 0) is 29.0 Å². The lowest BCUT2D eigenvalue weighted by atomic mass is 9.96. The topological polar surface area (TPSA) is 3.24 Å². The van der Waals surface area contributed by atoms with E-state index in [9.17, 15) is 0 Å². The molecule has 2 aromatic carbocycles. The van der Waals surface area contributed by atoms with Gasteiger partial charge in [0, 0.05) is 25.2 Å². The first-order valence-corrected chi connectivity index (χ1v) is 7.00. The van der Waals surface area contributed by atoms with E-state index in [1.54, 1.807) is 0 Å². The molecule has 0 amide bonds. The minimum atomic E-state index is 1.01. The normalized spacial score (nSPS) is 14.2. The van der Waals surface area contributed by atoms with Gasteiger partial charge in [-0.2, -0.15) is 0 Å². The third kappa shape index (κ3) is 2.27. The average molecular weight is 261 g/mol. The summed E-state index contributed by atoms with van der Waals surface area (Å²) < 4.78 is 0. The first-order valence-electron chi connectivity index (χ1n) is 7.00. The van der Waals surface area contributed by atoms with Gasteiger partial charge < -0.3 is 4.90 Å². The highest BCUT2D eigenvalue weighted by atomic mass is 15.1. The number of rotatable bonds is 2. The molecule has 1 aliphatic rings. The van der Waals surface area contributed by atoms with E-state index in [0.29, 0.717) is 0 Å². The Morgan fingerprint density at radius 1 is 0.900 bits per heavy atom. The number of fused-ring (bicyclic) bond motifs is 1. The Labute approximate surface area is 120 Å². The molecule has 0 fully saturated rings. The van der Waals surface area contributed by atoms with Crippen molar-refractivity contribution in [3.8, 4) is 0 Å². The molecule has 0 heterocycles. The summed E-state index contributed by atoms with van der Waals surface area (Å²) in [6, 6.07) is 13.1. The van der Waals surface area contributed by atoms with E-state index >= 15 is 0 Å². The second kappa shape index (κ2) is 5.38. The zero-order valence-corrected chi connectivity index (χ0v) is 12.0. The van der Waals surface area contributed by atoms with Gasteiger partial charge in [-0.15, -0.1) is 0 Å². The largest absolute Gasteiger partial charge is 0.377 e. The second-order valence-electron chi connectivity index (χ2n) is 5.26. The first-order chi connectivity index (χ1) is 9.77. The molecule has 0 saturated carbocycles. The molecule has 0 saturated heterocycles. The van der Waals surface area contributed by atoms with Crippen LogP contribution in [0.5, 0.6) is 0 Å². The van der Waals surface area contributed by atoms with E-state index in [2.05, 4.69) is 85.8 Å². The smallest absolute Gasteiger partial charge is 0.0441 e. The van der Waals surface area contributed by atoms with Gasteiger partial charge in [-0.1, -0.05) is 60.7 Å². The van der Waals surface area contributed by atoms with Crippen LogP contribution in [0.2, 0.25) is 0 Å². The maximum Gasteiger partial charge on any atom is 0.0441 e. The van der Waals surface area contributed by atoms with Crippen molar-refractivity contribution in [3.63, 3.8) is 0 Å². The maximum absolute atomic E-state index is 2.23. The van der Waals surface area contributed by atoms with Crippen molar-refractivity contribution < 1.29 is 0 Å². The van der Waals surface area contributed by atoms with Gasteiger partial charge in [0.1, 0.15) is 0 Å². The fourth-order valence-corrected chi connectivity index (χ4v) is 2.68. The SMILES string of the molecule is CN(C)c1ccc(C2=CC=CCC=C2)c2ccccc12. The molecule has 0 atom stereocenters. The Kier molecular flexibility index (Phi) is 3.42. The summed E-state index contributed by atoms with van der Waals surface area (Å²) in [5, 5.41) is 2.61. The Morgan fingerprint density at radius 3 is 2.50 bits per heavy atom. The molecule has 0 spiro atoms. The molecule has 0 bridgehead atoms. The van der Waals surface area contributed by atoms with Crippen LogP contribution in [-0.4, -0.2) is 14.1 Å². The van der Waals surface area contributed by atoms with E-state index in [1.165, 1.54) is 27.6 Å². The molecule has 100 valence electrons. The third-order valence-electron chi connectivity index (χ3n) is 3.68. The summed E-state index contributed by atoms with van der Waals surface area (Å²) in [4.78, 5) is 2.17. The van der Waals surface area contributed by atoms with Crippen LogP contribution >= 0.6 is 0 Å². The van der Waals surface area contributed by atoms with Crippen molar-refractivity contribution in [3.05, 3.63) is 72.3 Å². The standard InChI is InChI=1S/C19H19N/c1-20(2)19-14-13-16(15-9-5-3-4-6-10-15)17-11-7-8-12-18(17)19/h3,5-14H,4H2,1-2H3. The lowest BCUT2D eigenvalue weighted by molar-refractivity contribution is 1.14. The second-order valence-corrected chi connectivity index (χ2v) is 5.26. The van der Waals surface area contributed by atoms with Gasteiger partial charge in [0.15, 0.2) is 0 Å². The maximum atomic E-state index is 2.23. The Hall–Kier alpha value is -2.28. The molecule has 0 unspecified atom stereocenters. The lowest BCUT2D eigenvalue weighted by Gasteiger charge is -2.18. The van der Waals surface area contributed by atoms with Crippen LogP contribution in [0.3, 0.4) is 0 Å². The Balaban J connectivity index is 2.25. The summed E-state index contributed by atoms with van der Waals surface area (Å²) in [5.41, 5.74) is 3.84. The van der Waals surface area contributed by atoms with Gasteiger partial charge in [-0.3, -0.25) is 0 Å². The van der Waals surface area contributed by atoms with Crippen molar-refractivity contribution in [1.82, 2.24) is 0 Å². The van der Waals surface area contributed by atoms with Crippen molar-refractivity contribution in [2.24, 2.45) is 0 Å². The average Bonchev–Trinajstić information content (AvgIpc) is 2.75. The van der Waals surface area contributed by atoms with Gasteiger partial charge in [0.25, 0.3) is 0 Å². The highest BCUT2D eigenvalue weighted by Crippen LogP contribution is 2.32. The molecule has 0 aliphatic heterocycles. The van der Waals surface area contributed by atoms with E-state index in [0.717, 1.165) is 6.42 Å². The molecule has 1 heteroatoms. The minimum absolute atomic E-state index is 1.01. The third-order valence-corrected chi connectivity index (χ3v) is 3.68. The van der Waals surface area contributed by atoms with Crippen LogP contribution in [0, 0.1) is 0 Å². The molecule has 1 aliphatic carbocycles. The van der Waals surface area contributed by atoms with Crippen molar-refractivity contribution in [2.75, 3.05) is 19.0 Å². The summed E-state index contributed by atoms with van der Waals surface area (Å²) in [5.74, 6) is 0. The number of allylic oxidation sites excluding steroid dienone is 6. The van der Waals surface area contributed by atoms with Crippen molar-refractivity contribution in [2.45, 2.75) is 6.42 Å². The molecule has 0 N–H and O–H groups in total. The van der Waals surface area contributed by atoms with Crippen LogP contribution in [0.4, 0.5) is 5.69 Å². The number of hydrogen-bond donors (Lipinski definition) is 0. The molecule has 1 nitrogen and oxygen atoms in total. The number of nitrogens with zero attached hydrogens (tertiary/aromatic N) is 1. The van der Waals surface area contributed by atoms with Crippen LogP contribution in [-0.2, 0) is 0 Å². The molecular weight excluding hydrogens is 242 g/mol. The van der Waals surface area contributed by atoms with E-state index in [1.807, 2.05) is 0 Å². The Morgan fingerprint density at radius 2 is 1.70 bits per heavy atom. The van der Waals surface area contributed by atoms with E-state index in [4.69, 9.17) is 0 Å². The fourth-order valence-electron chi connectivity index (χ4n) is 2.68. The zero-order valence-electron chi connectivity index (χ0n) is 12.0. The number of anilines is 1. The molecule has 0 aromatic heterocycles. The van der Waals surface area contributed by atoms with Crippen molar-refractivity contribution >= 4 is 22.0 Å².